The van der Waals surface area contributed by atoms with E-state index in [2.05, 4.69) is 49.3 Å². The number of carboxylic acids is 1. The zero-order valence-corrected chi connectivity index (χ0v) is 14.5. The van der Waals surface area contributed by atoms with E-state index in [-0.39, 0.29) is 11.2 Å². The molecule has 1 aromatic heterocycles. The minimum Gasteiger partial charge on any atom is -0.481 e. The molecule has 6 heteroatoms. The van der Waals surface area contributed by atoms with E-state index >= 15 is 0 Å². The van der Waals surface area contributed by atoms with Crippen molar-refractivity contribution >= 4 is 17.7 Å². The van der Waals surface area contributed by atoms with Crippen molar-refractivity contribution < 1.29 is 9.90 Å². The molecule has 1 aromatic rings. The summed E-state index contributed by atoms with van der Waals surface area (Å²) in [6, 6.07) is 0. The van der Waals surface area contributed by atoms with Crippen molar-refractivity contribution in [1.82, 2.24) is 14.5 Å². The first-order valence-corrected chi connectivity index (χ1v) is 8.25. The van der Waals surface area contributed by atoms with Crippen molar-refractivity contribution in [3.63, 3.8) is 0 Å². The molecule has 0 aromatic carbocycles. The van der Waals surface area contributed by atoms with Crippen LogP contribution in [0, 0.1) is 0 Å². The summed E-state index contributed by atoms with van der Waals surface area (Å²) in [6.45, 7) is 8.43. The van der Waals surface area contributed by atoms with E-state index in [0.717, 1.165) is 31.1 Å². The Morgan fingerprint density at radius 2 is 2.05 bits per heavy atom. The molecule has 5 nitrogen and oxygen atoms in total. The van der Waals surface area contributed by atoms with Crippen LogP contribution in [-0.2, 0) is 16.8 Å². The summed E-state index contributed by atoms with van der Waals surface area (Å²) in [7, 11) is 4.15. The summed E-state index contributed by atoms with van der Waals surface area (Å²) in [5, 5.41) is 9.66. The molecule has 0 spiro atoms. The van der Waals surface area contributed by atoms with Crippen molar-refractivity contribution in [3.8, 4) is 0 Å². The van der Waals surface area contributed by atoms with Gasteiger partial charge in [-0.2, -0.15) is 0 Å². The Kier molecular flexibility index (Phi) is 6.74. The average molecular weight is 313 g/mol. The van der Waals surface area contributed by atoms with Crippen LogP contribution in [0.2, 0.25) is 0 Å². The quantitative estimate of drug-likeness (QED) is 0.591. The topological polar surface area (TPSA) is 58.4 Å². The fourth-order valence-corrected chi connectivity index (χ4v) is 2.84. The van der Waals surface area contributed by atoms with Gasteiger partial charge in [0.15, 0.2) is 5.16 Å². The molecule has 0 amide bonds. The fraction of sp³-hybridized carbons (Fsp3) is 0.733. The maximum absolute atomic E-state index is 10.8. The first-order chi connectivity index (χ1) is 9.71. The summed E-state index contributed by atoms with van der Waals surface area (Å²) < 4.78 is 2.18. The van der Waals surface area contributed by atoms with E-state index in [1.807, 2.05) is 6.20 Å². The molecule has 0 aliphatic heterocycles. The molecule has 120 valence electrons. The van der Waals surface area contributed by atoms with E-state index < -0.39 is 5.97 Å². The second-order valence-electron chi connectivity index (χ2n) is 6.52. The molecule has 0 atom stereocenters. The number of thioether (sulfide) groups is 1. The maximum Gasteiger partial charge on any atom is 0.313 e. The lowest BCUT2D eigenvalue weighted by molar-refractivity contribution is -0.133. The minimum absolute atomic E-state index is 0.0105. The summed E-state index contributed by atoms with van der Waals surface area (Å²) in [5.41, 5.74) is 1.18. The van der Waals surface area contributed by atoms with Gasteiger partial charge in [0.2, 0.25) is 0 Å². The van der Waals surface area contributed by atoms with Gasteiger partial charge in [-0.1, -0.05) is 32.5 Å². The van der Waals surface area contributed by atoms with Gasteiger partial charge in [0.1, 0.15) is 0 Å². The second-order valence-corrected chi connectivity index (χ2v) is 7.46. The Morgan fingerprint density at radius 1 is 1.38 bits per heavy atom. The van der Waals surface area contributed by atoms with Gasteiger partial charge < -0.3 is 14.6 Å². The van der Waals surface area contributed by atoms with Gasteiger partial charge in [-0.25, -0.2) is 4.98 Å². The molecule has 0 radical (unpaired) electrons. The minimum atomic E-state index is -0.806. The van der Waals surface area contributed by atoms with Gasteiger partial charge in [0.25, 0.3) is 0 Å². The van der Waals surface area contributed by atoms with Crippen LogP contribution in [0.15, 0.2) is 11.4 Å². The van der Waals surface area contributed by atoms with Crippen molar-refractivity contribution in [2.75, 3.05) is 26.4 Å². The van der Waals surface area contributed by atoms with Gasteiger partial charge in [0, 0.05) is 23.9 Å². The molecule has 0 fully saturated rings. The number of nitrogens with zero attached hydrogens (tertiary/aromatic N) is 3. The Balaban J connectivity index is 2.79. The Hall–Kier alpha value is -1.01. The largest absolute Gasteiger partial charge is 0.481 e. The highest BCUT2D eigenvalue weighted by Crippen LogP contribution is 2.27. The molecular weight excluding hydrogens is 286 g/mol. The predicted octanol–water partition coefficient (Wildman–Crippen LogP) is 2.70. The maximum atomic E-state index is 10.8. The molecule has 0 saturated carbocycles. The SMILES string of the molecule is CN(C)CCCCn1c(C(C)(C)C)cnc1SCC(=O)O. The summed E-state index contributed by atoms with van der Waals surface area (Å²) in [5.74, 6) is -0.752. The molecule has 0 aliphatic rings. The van der Waals surface area contributed by atoms with Gasteiger partial charge in [-0.05, 0) is 33.5 Å². The van der Waals surface area contributed by atoms with Crippen molar-refractivity contribution in [2.45, 2.75) is 50.7 Å². The first-order valence-electron chi connectivity index (χ1n) is 7.27. The first kappa shape index (κ1) is 18.0. The zero-order valence-electron chi connectivity index (χ0n) is 13.7. The molecule has 0 unspecified atom stereocenters. The van der Waals surface area contributed by atoms with Gasteiger partial charge in [-0.3, -0.25) is 4.79 Å². The standard InChI is InChI=1S/C15H27N3O2S/c1-15(2,3)12-10-16-14(21-11-13(19)20)18(12)9-7-6-8-17(4)5/h10H,6-9,11H2,1-5H3,(H,19,20). The number of rotatable bonds is 8. The molecule has 1 N–H and O–H groups in total. The van der Waals surface area contributed by atoms with E-state index in [1.54, 1.807) is 0 Å². The molecule has 0 bridgehead atoms. The van der Waals surface area contributed by atoms with Crippen LogP contribution in [0.5, 0.6) is 0 Å². The number of carboxylic acid groups (broad SMARTS) is 1. The van der Waals surface area contributed by atoms with Crippen LogP contribution in [-0.4, -0.2) is 51.9 Å². The molecule has 0 saturated heterocycles. The normalized spacial score (nSPS) is 12.1. The number of aliphatic carboxylic acids is 1. The molecule has 21 heavy (non-hydrogen) atoms. The third-order valence-electron chi connectivity index (χ3n) is 3.15. The van der Waals surface area contributed by atoms with Gasteiger partial charge >= 0.3 is 5.97 Å². The summed E-state index contributed by atoms with van der Waals surface area (Å²) in [4.78, 5) is 17.4. The van der Waals surface area contributed by atoms with Crippen LogP contribution < -0.4 is 0 Å². The lowest BCUT2D eigenvalue weighted by Crippen LogP contribution is -2.19. The van der Waals surface area contributed by atoms with Crippen molar-refractivity contribution in [3.05, 3.63) is 11.9 Å². The molecule has 1 rings (SSSR count). The van der Waals surface area contributed by atoms with E-state index in [0.29, 0.717) is 0 Å². The van der Waals surface area contributed by atoms with E-state index in [9.17, 15) is 4.79 Å². The van der Waals surface area contributed by atoms with Crippen LogP contribution in [0.25, 0.3) is 0 Å². The van der Waals surface area contributed by atoms with E-state index in [1.165, 1.54) is 17.5 Å². The number of carbonyl (C=O) groups is 1. The van der Waals surface area contributed by atoms with Gasteiger partial charge in [0.05, 0.1) is 5.75 Å². The summed E-state index contributed by atoms with van der Waals surface area (Å²) >= 11 is 1.30. The van der Waals surface area contributed by atoms with Crippen molar-refractivity contribution in [2.24, 2.45) is 0 Å². The smallest absolute Gasteiger partial charge is 0.313 e. The lowest BCUT2D eigenvalue weighted by Gasteiger charge is -2.22. The Labute approximate surface area is 131 Å². The number of imidazole rings is 1. The summed E-state index contributed by atoms with van der Waals surface area (Å²) in [6.07, 6.45) is 4.08. The van der Waals surface area contributed by atoms with Crippen LogP contribution in [0.3, 0.4) is 0 Å². The second kappa shape index (κ2) is 7.84. The molecule has 0 aliphatic carbocycles. The number of hydrogen-bond acceptors (Lipinski definition) is 4. The Morgan fingerprint density at radius 3 is 2.57 bits per heavy atom. The highest BCUT2D eigenvalue weighted by Gasteiger charge is 2.22. The number of unbranched alkanes of at least 4 members (excludes halogenated alkanes) is 1. The molecular formula is C15H27N3O2S. The predicted molar refractivity (Wildman–Crippen MR) is 87.1 cm³/mol. The van der Waals surface area contributed by atoms with Crippen molar-refractivity contribution in [1.29, 1.82) is 0 Å². The fourth-order valence-electron chi connectivity index (χ4n) is 2.11. The van der Waals surface area contributed by atoms with Crippen LogP contribution >= 0.6 is 11.8 Å². The molecule has 1 heterocycles. The lowest BCUT2D eigenvalue weighted by atomic mass is 9.92. The monoisotopic (exact) mass is 313 g/mol. The third kappa shape index (κ3) is 6.09. The van der Waals surface area contributed by atoms with Crippen LogP contribution in [0.4, 0.5) is 0 Å². The zero-order chi connectivity index (χ0) is 16.0. The van der Waals surface area contributed by atoms with Gasteiger partial charge in [-0.15, -0.1) is 0 Å². The highest BCUT2D eigenvalue weighted by atomic mass is 32.2. The Bertz CT molecular complexity index is 464. The number of aromatic nitrogens is 2. The highest BCUT2D eigenvalue weighted by molar-refractivity contribution is 7.99. The third-order valence-corrected chi connectivity index (χ3v) is 4.12. The number of hydrogen-bond donors (Lipinski definition) is 1. The van der Waals surface area contributed by atoms with Crippen LogP contribution in [0.1, 0.15) is 39.3 Å². The van der Waals surface area contributed by atoms with E-state index in [4.69, 9.17) is 5.11 Å². The average Bonchev–Trinajstić information content (AvgIpc) is 2.74.